The number of nitrogens with zero attached hydrogens (tertiary/aromatic N) is 2. The number of methoxy groups -OCH3 is 1. The number of ether oxygens (including phenoxy) is 1. The fraction of sp³-hybridized carbons (Fsp3) is 0.100. The van der Waals surface area contributed by atoms with E-state index in [4.69, 9.17) is 4.74 Å². The zero-order valence-corrected chi connectivity index (χ0v) is 10.3. The third-order valence-corrected chi connectivity index (χ3v) is 2.91. The van der Waals surface area contributed by atoms with Crippen LogP contribution in [0.2, 0.25) is 0 Å². The van der Waals surface area contributed by atoms with Gasteiger partial charge in [0.05, 0.1) is 27.4 Å². The molecule has 1 aromatic carbocycles. The van der Waals surface area contributed by atoms with E-state index in [-0.39, 0.29) is 5.39 Å². The van der Waals surface area contributed by atoms with Crippen LogP contribution in [-0.2, 0) is 0 Å². The van der Waals surface area contributed by atoms with E-state index in [9.17, 15) is 15.2 Å². The van der Waals surface area contributed by atoms with Crippen molar-refractivity contribution in [3.8, 4) is 11.5 Å². The molecule has 2 rings (SSSR count). The Morgan fingerprint density at radius 1 is 1.53 bits per heavy atom. The summed E-state index contributed by atoms with van der Waals surface area (Å²) >= 11 is 3.27. The number of pyridine rings is 1. The monoisotopic (exact) mass is 298 g/mol. The Morgan fingerprint density at radius 3 is 2.82 bits per heavy atom. The van der Waals surface area contributed by atoms with Gasteiger partial charge in [-0.2, -0.15) is 0 Å². The van der Waals surface area contributed by atoms with E-state index >= 15 is 0 Å². The molecule has 7 heteroatoms. The molecule has 0 saturated carbocycles. The minimum atomic E-state index is -0.684. The first-order chi connectivity index (χ1) is 8.04. The maximum absolute atomic E-state index is 10.7. The lowest BCUT2D eigenvalue weighted by Gasteiger charge is -2.06. The normalized spacial score (nSPS) is 10.5. The van der Waals surface area contributed by atoms with Crippen LogP contribution in [0, 0.1) is 10.1 Å². The maximum Gasteiger partial charge on any atom is 0.329 e. The van der Waals surface area contributed by atoms with Gasteiger partial charge in [-0.05, 0) is 28.1 Å². The molecule has 1 aromatic heterocycles. The Morgan fingerprint density at radius 2 is 2.24 bits per heavy atom. The molecule has 2 aromatic rings. The van der Waals surface area contributed by atoms with Crippen molar-refractivity contribution in [1.29, 1.82) is 0 Å². The first kappa shape index (κ1) is 11.6. The van der Waals surface area contributed by atoms with Crippen LogP contribution in [0.15, 0.2) is 22.8 Å². The topological polar surface area (TPSA) is 85.5 Å². The molecular weight excluding hydrogens is 292 g/mol. The second-order valence-electron chi connectivity index (χ2n) is 3.25. The Bertz CT molecular complexity index is 615. The van der Waals surface area contributed by atoms with E-state index in [0.29, 0.717) is 15.7 Å². The van der Waals surface area contributed by atoms with Crippen LogP contribution in [0.25, 0.3) is 10.9 Å². The number of halogens is 1. The van der Waals surface area contributed by atoms with Gasteiger partial charge in [-0.1, -0.05) is 0 Å². The van der Waals surface area contributed by atoms with Gasteiger partial charge in [-0.3, -0.25) is 10.1 Å². The van der Waals surface area contributed by atoms with Gasteiger partial charge in [0, 0.05) is 0 Å². The minimum Gasteiger partial charge on any atom is -0.502 e. The number of aromatic nitrogens is 1. The summed E-state index contributed by atoms with van der Waals surface area (Å²) in [5, 5.41) is 20.7. The van der Waals surface area contributed by atoms with E-state index in [2.05, 4.69) is 20.9 Å². The highest BCUT2D eigenvalue weighted by atomic mass is 79.9. The second kappa shape index (κ2) is 4.17. The summed E-state index contributed by atoms with van der Waals surface area (Å²) in [6, 6.07) is 3.12. The first-order valence-electron chi connectivity index (χ1n) is 4.54. The fourth-order valence-electron chi connectivity index (χ4n) is 1.46. The van der Waals surface area contributed by atoms with E-state index < -0.39 is 16.4 Å². The molecule has 0 bridgehead atoms. The minimum absolute atomic E-state index is 0.277. The molecule has 0 fully saturated rings. The molecule has 0 unspecified atom stereocenters. The van der Waals surface area contributed by atoms with Crippen molar-refractivity contribution in [1.82, 2.24) is 4.98 Å². The van der Waals surface area contributed by atoms with Gasteiger partial charge in [0.25, 0.3) is 0 Å². The highest BCUT2D eigenvalue weighted by Crippen LogP contribution is 2.37. The van der Waals surface area contributed by atoms with Crippen LogP contribution >= 0.6 is 15.9 Å². The summed E-state index contributed by atoms with van der Waals surface area (Å²) in [6.07, 6.45) is 1.02. The molecule has 1 N–H and O–H groups in total. The molecule has 0 amide bonds. The van der Waals surface area contributed by atoms with Crippen molar-refractivity contribution in [2.24, 2.45) is 0 Å². The van der Waals surface area contributed by atoms with Crippen LogP contribution in [0.3, 0.4) is 0 Å². The van der Waals surface area contributed by atoms with Crippen LogP contribution < -0.4 is 4.74 Å². The number of hydrogen-bond donors (Lipinski definition) is 1. The third-order valence-electron chi connectivity index (χ3n) is 2.29. The molecule has 0 saturated heterocycles. The summed E-state index contributed by atoms with van der Waals surface area (Å²) in [6.45, 7) is 0. The van der Waals surface area contributed by atoms with Gasteiger partial charge in [-0.25, -0.2) is 4.98 Å². The lowest BCUT2D eigenvalue weighted by molar-refractivity contribution is -0.386. The Balaban J connectivity index is 2.80. The van der Waals surface area contributed by atoms with Crippen molar-refractivity contribution in [2.75, 3.05) is 7.11 Å². The predicted octanol–water partition coefficient (Wildman–Crippen LogP) is 2.62. The van der Waals surface area contributed by atoms with Gasteiger partial charge in [0.15, 0.2) is 0 Å². The molecule has 0 aliphatic rings. The van der Waals surface area contributed by atoms with Crippen molar-refractivity contribution >= 4 is 32.5 Å². The van der Waals surface area contributed by atoms with Crippen LogP contribution in [0.4, 0.5) is 5.69 Å². The molecule has 88 valence electrons. The van der Waals surface area contributed by atoms with Gasteiger partial charge >= 0.3 is 5.69 Å². The van der Waals surface area contributed by atoms with E-state index in [1.165, 1.54) is 13.2 Å². The quantitative estimate of drug-likeness (QED) is 0.680. The Labute approximate surface area is 104 Å². The highest BCUT2D eigenvalue weighted by molar-refractivity contribution is 9.10. The number of aromatic hydroxyl groups is 1. The molecule has 0 atom stereocenters. The predicted molar refractivity (Wildman–Crippen MR) is 64.3 cm³/mol. The summed E-state index contributed by atoms with van der Waals surface area (Å²) in [4.78, 5) is 13.9. The van der Waals surface area contributed by atoms with Crippen LogP contribution in [0.5, 0.6) is 11.5 Å². The molecule has 0 aliphatic carbocycles. The van der Waals surface area contributed by atoms with Crippen molar-refractivity contribution in [2.45, 2.75) is 0 Å². The van der Waals surface area contributed by atoms with E-state index in [0.717, 1.165) is 6.20 Å². The average molecular weight is 299 g/mol. The second-order valence-corrected chi connectivity index (χ2v) is 4.11. The van der Waals surface area contributed by atoms with Gasteiger partial charge in [0.1, 0.15) is 11.9 Å². The molecular formula is C10H7BrN2O4. The lowest BCUT2D eigenvalue weighted by Crippen LogP contribution is -1.92. The smallest absolute Gasteiger partial charge is 0.329 e. The summed E-state index contributed by atoms with van der Waals surface area (Å²) in [5.41, 5.74) is 0.0163. The van der Waals surface area contributed by atoms with E-state index in [1.807, 2.05) is 0 Å². The molecule has 0 spiro atoms. The van der Waals surface area contributed by atoms with Crippen LogP contribution in [0.1, 0.15) is 0 Å². The Hall–Kier alpha value is -1.89. The van der Waals surface area contributed by atoms with Crippen molar-refractivity contribution < 1.29 is 14.8 Å². The third kappa shape index (κ3) is 1.89. The lowest BCUT2D eigenvalue weighted by atomic mass is 10.2. The standard InChI is InChI=1S/C10H7BrN2O4/c1-17-9-2-5-7(3-6(9)11)12-4-8(10(5)14)13(15)16/h2-4H,1H3,(H,12,14). The molecule has 6 nitrogen and oxygen atoms in total. The molecule has 0 aliphatic heterocycles. The van der Waals surface area contributed by atoms with E-state index in [1.54, 1.807) is 6.07 Å². The summed E-state index contributed by atoms with van der Waals surface area (Å²) < 4.78 is 5.71. The SMILES string of the molecule is COc1cc2c(O)c([N+](=O)[O-])cnc2cc1Br. The van der Waals surface area contributed by atoms with Gasteiger partial charge in [-0.15, -0.1) is 0 Å². The average Bonchev–Trinajstić information content (AvgIpc) is 2.28. The first-order valence-corrected chi connectivity index (χ1v) is 5.33. The largest absolute Gasteiger partial charge is 0.502 e. The fourth-order valence-corrected chi connectivity index (χ4v) is 1.95. The number of fused-ring (bicyclic) bond motifs is 1. The molecule has 17 heavy (non-hydrogen) atoms. The molecule has 1 heterocycles. The molecule has 0 radical (unpaired) electrons. The van der Waals surface area contributed by atoms with Crippen molar-refractivity contribution in [3.05, 3.63) is 32.9 Å². The highest BCUT2D eigenvalue weighted by Gasteiger charge is 2.18. The number of hydrogen-bond acceptors (Lipinski definition) is 5. The van der Waals surface area contributed by atoms with Gasteiger partial charge < -0.3 is 9.84 Å². The summed E-state index contributed by atoms with van der Waals surface area (Å²) in [7, 11) is 1.47. The number of nitro groups is 1. The number of rotatable bonds is 2. The zero-order valence-electron chi connectivity index (χ0n) is 8.68. The zero-order chi connectivity index (χ0) is 12.6. The Kier molecular flexibility index (Phi) is 2.84. The maximum atomic E-state index is 10.7. The van der Waals surface area contributed by atoms with Crippen molar-refractivity contribution in [3.63, 3.8) is 0 Å². The number of benzene rings is 1. The van der Waals surface area contributed by atoms with Gasteiger partial charge in [0.2, 0.25) is 5.75 Å². The summed E-state index contributed by atoms with van der Waals surface area (Å²) in [5.74, 6) is 0.0564. The van der Waals surface area contributed by atoms with Crippen LogP contribution in [-0.4, -0.2) is 22.1 Å².